The first-order valence-corrected chi connectivity index (χ1v) is 10.1. The van der Waals surface area contributed by atoms with Gasteiger partial charge in [-0.05, 0) is 75.4 Å². The Bertz CT molecular complexity index is 1060. The molecule has 0 bridgehead atoms. The molecular formula is C24H26ClNO3. The SMILES string of the molecule is CCc1ccc(-c2cnc(Cl)cc2C)cc1C1=C(O)C(C)(C)C(=O)C(C)(C)C1=O. The number of aliphatic hydroxyl groups excluding tert-OH is 1. The maximum atomic E-state index is 13.3. The fraction of sp³-hybridized carbons (Fsp3) is 0.375. The van der Waals surface area contributed by atoms with Crippen LogP contribution in [0.15, 0.2) is 36.2 Å². The predicted molar refractivity (Wildman–Crippen MR) is 116 cm³/mol. The van der Waals surface area contributed by atoms with Crippen molar-refractivity contribution < 1.29 is 14.7 Å². The molecule has 2 aromatic rings. The number of aliphatic hydroxyl groups is 1. The fourth-order valence-corrected chi connectivity index (χ4v) is 4.30. The van der Waals surface area contributed by atoms with Gasteiger partial charge in [-0.1, -0.05) is 30.7 Å². The van der Waals surface area contributed by atoms with Crippen LogP contribution >= 0.6 is 11.6 Å². The number of nitrogens with zero attached hydrogens (tertiary/aromatic N) is 1. The van der Waals surface area contributed by atoms with Crippen LogP contribution in [0.1, 0.15) is 51.3 Å². The third kappa shape index (κ3) is 3.29. The summed E-state index contributed by atoms with van der Waals surface area (Å²) in [6.07, 6.45) is 2.39. The number of aromatic nitrogens is 1. The zero-order valence-corrected chi connectivity index (χ0v) is 18.4. The van der Waals surface area contributed by atoms with Crippen LogP contribution < -0.4 is 0 Å². The van der Waals surface area contributed by atoms with Crippen molar-refractivity contribution in [1.82, 2.24) is 4.98 Å². The number of hydrogen-bond acceptors (Lipinski definition) is 4. The first-order chi connectivity index (χ1) is 13.4. The molecule has 3 rings (SSSR count). The van der Waals surface area contributed by atoms with Gasteiger partial charge in [0.05, 0.1) is 16.4 Å². The lowest BCUT2D eigenvalue weighted by molar-refractivity contribution is -0.143. The number of benzene rings is 1. The number of hydrogen-bond donors (Lipinski definition) is 1. The summed E-state index contributed by atoms with van der Waals surface area (Å²) in [5, 5.41) is 11.4. The largest absolute Gasteiger partial charge is 0.510 e. The Morgan fingerprint density at radius 2 is 1.69 bits per heavy atom. The van der Waals surface area contributed by atoms with Gasteiger partial charge in [-0.15, -0.1) is 0 Å². The van der Waals surface area contributed by atoms with E-state index in [0.29, 0.717) is 17.1 Å². The number of Topliss-reactive ketones (excluding diaryl/α,β-unsaturated/α-hetero) is 2. The smallest absolute Gasteiger partial charge is 0.179 e. The maximum Gasteiger partial charge on any atom is 0.179 e. The van der Waals surface area contributed by atoms with Gasteiger partial charge in [0.2, 0.25) is 0 Å². The van der Waals surface area contributed by atoms with Gasteiger partial charge in [0, 0.05) is 11.8 Å². The van der Waals surface area contributed by atoms with Crippen LogP contribution in [-0.2, 0) is 16.0 Å². The Balaban J connectivity index is 2.31. The molecule has 5 heteroatoms. The van der Waals surface area contributed by atoms with Crippen molar-refractivity contribution in [2.45, 2.75) is 48.0 Å². The lowest BCUT2D eigenvalue weighted by atomic mass is 9.62. The number of pyridine rings is 1. The molecule has 0 amide bonds. The third-order valence-corrected chi connectivity index (χ3v) is 6.11. The van der Waals surface area contributed by atoms with Gasteiger partial charge in [-0.25, -0.2) is 4.98 Å². The van der Waals surface area contributed by atoms with E-state index in [1.54, 1.807) is 40.0 Å². The zero-order valence-electron chi connectivity index (χ0n) is 17.7. The minimum Gasteiger partial charge on any atom is -0.510 e. The molecule has 0 fully saturated rings. The summed E-state index contributed by atoms with van der Waals surface area (Å²) >= 11 is 5.99. The summed E-state index contributed by atoms with van der Waals surface area (Å²) in [6.45, 7) is 10.6. The number of ketones is 2. The van der Waals surface area contributed by atoms with Gasteiger partial charge in [-0.2, -0.15) is 0 Å². The summed E-state index contributed by atoms with van der Waals surface area (Å²) < 4.78 is 0. The Morgan fingerprint density at radius 3 is 2.28 bits per heavy atom. The summed E-state index contributed by atoms with van der Waals surface area (Å²) in [6, 6.07) is 7.63. The minimum absolute atomic E-state index is 0.162. The van der Waals surface area contributed by atoms with Gasteiger partial charge in [-0.3, -0.25) is 9.59 Å². The first kappa shape index (κ1) is 21.3. The van der Waals surface area contributed by atoms with Crippen molar-refractivity contribution in [1.29, 1.82) is 0 Å². The molecule has 1 aromatic heterocycles. The van der Waals surface area contributed by atoms with Gasteiger partial charge in [0.15, 0.2) is 11.6 Å². The second-order valence-electron chi connectivity index (χ2n) is 8.68. The molecule has 0 aliphatic heterocycles. The molecule has 1 aliphatic rings. The second-order valence-corrected chi connectivity index (χ2v) is 9.07. The Kier molecular flexibility index (Phi) is 5.20. The Morgan fingerprint density at radius 1 is 1.03 bits per heavy atom. The molecule has 1 N–H and O–H groups in total. The number of aryl methyl sites for hydroxylation is 2. The molecule has 4 nitrogen and oxygen atoms in total. The third-order valence-electron chi connectivity index (χ3n) is 5.91. The average molecular weight is 412 g/mol. The van der Waals surface area contributed by atoms with Crippen LogP contribution in [0, 0.1) is 17.8 Å². The first-order valence-electron chi connectivity index (χ1n) is 9.72. The molecule has 1 aromatic carbocycles. The van der Waals surface area contributed by atoms with Gasteiger partial charge in [0.25, 0.3) is 0 Å². The van der Waals surface area contributed by atoms with Crippen LogP contribution in [0.25, 0.3) is 16.7 Å². The van der Waals surface area contributed by atoms with Crippen molar-refractivity contribution in [3.05, 3.63) is 58.1 Å². The van der Waals surface area contributed by atoms with E-state index in [1.165, 1.54) is 0 Å². The second kappa shape index (κ2) is 7.10. The van der Waals surface area contributed by atoms with Crippen LogP contribution in [-0.4, -0.2) is 21.7 Å². The van der Waals surface area contributed by atoms with Crippen molar-refractivity contribution in [2.75, 3.05) is 0 Å². The van der Waals surface area contributed by atoms with Crippen molar-refractivity contribution >= 4 is 28.7 Å². The lowest BCUT2D eigenvalue weighted by Gasteiger charge is -2.38. The topological polar surface area (TPSA) is 67.3 Å². The highest BCUT2D eigenvalue weighted by atomic mass is 35.5. The molecular weight excluding hydrogens is 386 g/mol. The molecule has 152 valence electrons. The summed E-state index contributed by atoms with van der Waals surface area (Å²) in [5.41, 5.74) is 2.23. The van der Waals surface area contributed by atoms with E-state index in [0.717, 1.165) is 22.3 Å². The summed E-state index contributed by atoms with van der Waals surface area (Å²) in [5.74, 6) is -0.787. The summed E-state index contributed by atoms with van der Waals surface area (Å²) in [4.78, 5) is 30.3. The van der Waals surface area contributed by atoms with E-state index < -0.39 is 10.8 Å². The summed E-state index contributed by atoms with van der Waals surface area (Å²) in [7, 11) is 0. The highest BCUT2D eigenvalue weighted by molar-refractivity contribution is 6.34. The van der Waals surface area contributed by atoms with Crippen LogP contribution in [0.4, 0.5) is 0 Å². The Hall–Kier alpha value is -2.46. The number of halogens is 1. The normalized spacial score (nSPS) is 18.3. The highest BCUT2D eigenvalue weighted by Gasteiger charge is 2.53. The minimum atomic E-state index is -1.20. The Labute approximate surface area is 176 Å². The molecule has 0 atom stereocenters. The molecule has 29 heavy (non-hydrogen) atoms. The van der Waals surface area contributed by atoms with Gasteiger partial charge in [0.1, 0.15) is 10.9 Å². The number of carbonyl (C=O) groups is 2. The fourth-order valence-electron chi connectivity index (χ4n) is 4.08. The van der Waals surface area contributed by atoms with E-state index in [9.17, 15) is 14.7 Å². The molecule has 0 radical (unpaired) electrons. The van der Waals surface area contributed by atoms with Crippen LogP contribution in [0.2, 0.25) is 5.15 Å². The van der Waals surface area contributed by atoms with Crippen molar-refractivity contribution in [2.24, 2.45) is 10.8 Å². The number of carbonyl (C=O) groups excluding carboxylic acids is 2. The average Bonchev–Trinajstić information content (AvgIpc) is 2.66. The van der Waals surface area contributed by atoms with E-state index in [4.69, 9.17) is 11.6 Å². The quantitative estimate of drug-likeness (QED) is 0.516. The highest BCUT2D eigenvalue weighted by Crippen LogP contribution is 2.47. The maximum absolute atomic E-state index is 13.3. The van der Waals surface area contributed by atoms with Gasteiger partial charge < -0.3 is 5.11 Å². The lowest BCUT2D eigenvalue weighted by Crippen LogP contribution is -2.48. The predicted octanol–water partition coefficient (Wildman–Crippen LogP) is 5.75. The molecule has 0 unspecified atom stereocenters. The van der Waals surface area contributed by atoms with E-state index in [2.05, 4.69) is 4.98 Å². The zero-order chi connectivity index (χ0) is 21.7. The molecule has 1 heterocycles. The molecule has 0 spiro atoms. The van der Waals surface area contributed by atoms with Crippen molar-refractivity contribution in [3.63, 3.8) is 0 Å². The monoisotopic (exact) mass is 411 g/mol. The van der Waals surface area contributed by atoms with E-state index in [-0.39, 0.29) is 22.9 Å². The number of allylic oxidation sites excluding steroid dienone is 2. The standard InChI is InChI=1S/C24H26ClNO3/c1-7-14-8-9-15(17-12-26-18(25)10-13(17)2)11-16(14)19-20(27)23(3,4)22(29)24(5,6)21(19)28/h8-12,27H,7H2,1-6H3. The number of rotatable bonds is 3. The molecule has 1 aliphatic carbocycles. The van der Waals surface area contributed by atoms with Crippen LogP contribution in [0.3, 0.4) is 0 Å². The molecule has 0 saturated carbocycles. The van der Waals surface area contributed by atoms with Crippen LogP contribution in [0.5, 0.6) is 0 Å². The van der Waals surface area contributed by atoms with Crippen molar-refractivity contribution in [3.8, 4) is 11.1 Å². The van der Waals surface area contributed by atoms with Gasteiger partial charge >= 0.3 is 0 Å². The van der Waals surface area contributed by atoms with E-state index in [1.807, 2.05) is 32.0 Å². The molecule has 0 saturated heterocycles. The van der Waals surface area contributed by atoms with E-state index >= 15 is 0 Å².